The first-order valence-electron chi connectivity index (χ1n) is 8.83. The molecule has 0 atom stereocenters. The summed E-state index contributed by atoms with van der Waals surface area (Å²) in [6, 6.07) is 32.5. The molecule has 0 fully saturated rings. The molecule has 0 unspecified atom stereocenters. The molecular weight excluding hydrogens is 375 g/mol. The first-order valence-corrected chi connectivity index (χ1v) is 10.2. The van der Waals surface area contributed by atoms with E-state index in [1.54, 1.807) is 12.1 Å². The molecule has 4 aromatic carbocycles. The maximum Gasteiger partial charge on any atom is 1.00 e. The van der Waals surface area contributed by atoms with Crippen LogP contribution in [0.1, 0.15) is 0 Å². The van der Waals surface area contributed by atoms with E-state index in [2.05, 4.69) is 42.5 Å². The molecule has 0 amide bonds. The van der Waals surface area contributed by atoms with E-state index >= 15 is 0 Å². The summed E-state index contributed by atoms with van der Waals surface area (Å²) in [6.45, 7) is 0. The van der Waals surface area contributed by atoms with Gasteiger partial charge in [-0.2, -0.15) is 0 Å². The Kier molecular flexibility index (Phi) is 6.42. The van der Waals surface area contributed by atoms with E-state index < -0.39 is 10.1 Å². The fraction of sp³-hybridized carbons (Fsp3) is 0. The van der Waals surface area contributed by atoms with Gasteiger partial charge in [0.2, 0.25) is 0 Å². The number of benzene rings is 4. The molecule has 0 saturated carbocycles. The summed E-state index contributed by atoms with van der Waals surface area (Å²) in [5, 5.41) is 0. The third-order valence-electron chi connectivity index (χ3n) is 4.62. The first kappa shape index (κ1) is 21.1. The van der Waals surface area contributed by atoms with Gasteiger partial charge in [-0.1, -0.05) is 72.8 Å². The number of hydrogen-bond donors (Lipinski definition) is 0. The Hall–Kier alpha value is -2.61. The van der Waals surface area contributed by atoms with Crippen LogP contribution in [0.25, 0.3) is 33.4 Å². The van der Waals surface area contributed by atoms with Crippen LogP contribution in [-0.4, -0.2) is 13.0 Å². The van der Waals surface area contributed by atoms with Crippen molar-refractivity contribution in [3.63, 3.8) is 0 Å². The largest absolute Gasteiger partial charge is 1.00 e. The normalized spacial score (nSPS) is 10.9. The smallest absolute Gasteiger partial charge is 0.744 e. The van der Waals surface area contributed by atoms with Gasteiger partial charge in [-0.05, 0) is 63.7 Å². The minimum atomic E-state index is -4.45. The average molecular weight is 392 g/mol. The van der Waals surface area contributed by atoms with E-state index in [0.717, 1.165) is 33.4 Å². The summed E-state index contributed by atoms with van der Waals surface area (Å²) >= 11 is 0. The summed E-state index contributed by atoms with van der Waals surface area (Å²) in [7, 11) is -4.45. The SMILES string of the molecule is O=S(=O)([O-])c1ccc(-c2cc(-c3ccccc3)cc(-c3ccccc3)c2)cc1.[Li+]. The van der Waals surface area contributed by atoms with Crippen LogP contribution in [0.15, 0.2) is 108 Å². The van der Waals surface area contributed by atoms with Crippen molar-refractivity contribution in [1.29, 1.82) is 0 Å². The van der Waals surface area contributed by atoms with Crippen molar-refractivity contribution in [2.45, 2.75) is 4.90 Å². The molecule has 5 heteroatoms. The van der Waals surface area contributed by atoms with Crippen molar-refractivity contribution in [3.05, 3.63) is 103 Å². The molecule has 0 aliphatic heterocycles. The van der Waals surface area contributed by atoms with Gasteiger partial charge in [-0.25, -0.2) is 8.42 Å². The van der Waals surface area contributed by atoms with Gasteiger partial charge < -0.3 is 4.55 Å². The fourth-order valence-electron chi connectivity index (χ4n) is 3.20. The minimum absolute atomic E-state index is 0. The van der Waals surface area contributed by atoms with E-state index in [4.69, 9.17) is 0 Å². The van der Waals surface area contributed by atoms with E-state index in [-0.39, 0.29) is 23.8 Å². The van der Waals surface area contributed by atoms with Crippen LogP contribution in [-0.2, 0) is 10.1 Å². The summed E-state index contributed by atoms with van der Waals surface area (Å²) < 4.78 is 33.6. The van der Waals surface area contributed by atoms with Crippen LogP contribution in [0.5, 0.6) is 0 Å². The Bertz CT molecular complexity index is 1150. The third-order valence-corrected chi connectivity index (χ3v) is 5.47. The Morgan fingerprint density at radius 3 is 1.17 bits per heavy atom. The molecule has 4 rings (SSSR count). The molecule has 0 N–H and O–H groups in total. The van der Waals surface area contributed by atoms with Crippen LogP contribution in [0.2, 0.25) is 0 Å². The second-order valence-electron chi connectivity index (χ2n) is 6.51. The maximum atomic E-state index is 11.2. The van der Waals surface area contributed by atoms with Crippen molar-refractivity contribution >= 4 is 10.1 Å². The zero-order chi connectivity index (χ0) is 19.6. The van der Waals surface area contributed by atoms with Crippen molar-refractivity contribution in [3.8, 4) is 33.4 Å². The van der Waals surface area contributed by atoms with Crippen LogP contribution >= 0.6 is 0 Å². The van der Waals surface area contributed by atoms with Crippen LogP contribution in [0, 0.1) is 0 Å². The molecule has 0 aromatic heterocycles. The maximum absolute atomic E-state index is 11.2. The van der Waals surface area contributed by atoms with E-state index in [0.29, 0.717) is 0 Å². The monoisotopic (exact) mass is 392 g/mol. The first-order chi connectivity index (χ1) is 13.5. The van der Waals surface area contributed by atoms with Gasteiger partial charge >= 0.3 is 18.9 Å². The van der Waals surface area contributed by atoms with Gasteiger partial charge in [0.05, 0.1) is 4.90 Å². The summed E-state index contributed by atoms with van der Waals surface area (Å²) in [6.07, 6.45) is 0. The number of rotatable bonds is 4. The topological polar surface area (TPSA) is 57.2 Å². The zero-order valence-corrected chi connectivity index (χ0v) is 16.8. The second-order valence-corrected chi connectivity index (χ2v) is 7.89. The average Bonchev–Trinajstić information content (AvgIpc) is 2.74. The Balaban J connectivity index is 0.00000240. The zero-order valence-electron chi connectivity index (χ0n) is 15.9. The summed E-state index contributed by atoms with van der Waals surface area (Å²) in [5.74, 6) is 0. The Labute approximate surface area is 183 Å². The summed E-state index contributed by atoms with van der Waals surface area (Å²) in [4.78, 5) is -0.223. The fourth-order valence-corrected chi connectivity index (χ4v) is 3.67. The second kappa shape index (κ2) is 8.81. The Morgan fingerprint density at radius 1 is 0.483 bits per heavy atom. The van der Waals surface area contributed by atoms with Gasteiger partial charge in [-0.3, -0.25) is 0 Å². The van der Waals surface area contributed by atoms with Crippen molar-refractivity contribution in [2.75, 3.05) is 0 Å². The van der Waals surface area contributed by atoms with Gasteiger partial charge in [0.1, 0.15) is 10.1 Å². The molecular formula is C24H17LiO3S. The van der Waals surface area contributed by atoms with Crippen molar-refractivity contribution in [2.24, 2.45) is 0 Å². The standard InChI is InChI=1S/C24H18O3S.Li/c25-28(26,27)24-13-11-20(12-14-24)23-16-21(18-7-3-1-4-8-18)15-22(17-23)19-9-5-2-6-10-19;/h1-17H,(H,25,26,27);/q;+1/p-1. The van der Waals surface area contributed by atoms with Crippen molar-refractivity contribution in [1.82, 2.24) is 0 Å². The molecule has 4 aromatic rings. The van der Waals surface area contributed by atoms with Crippen molar-refractivity contribution < 1.29 is 31.8 Å². The van der Waals surface area contributed by atoms with E-state index in [1.165, 1.54) is 12.1 Å². The molecule has 0 aliphatic carbocycles. The molecule has 0 spiro atoms. The van der Waals surface area contributed by atoms with Crippen LogP contribution < -0.4 is 18.9 Å². The van der Waals surface area contributed by atoms with Gasteiger partial charge in [-0.15, -0.1) is 0 Å². The minimum Gasteiger partial charge on any atom is -0.744 e. The quantitative estimate of drug-likeness (QED) is 0.396. The van der Waals surface area contributed by atoms with E-state index in [1.807, 2.05) is 36.4 Å². The van der Waals surface area contributed by atoms with Crippen LogP contribution in [0.3, 0.4) is 0 Å². The molecule has 0 aliphatic rings. The predicted molar refractivity (Wildman–Crippen MR) is 111 cm³/mol. The molecule has 0 bridgehead atoms. The summed E-state index contributed by atoms with van der Waals surface area (Å²) in [5.41, 5.74) is 6.13. The molecule has 0 heterocycles. The third kappa shape index (κ3) is 4.87. The molecule has 3 nitrogen and oxygen atoms in total. The van der Waals surface area contributed by atoms with Gasteiger partial charge in [0, 0.05) is 0 Å². The van der Waals surface area contributed by atoms with Crippen LogP contribution in [0.4, 0.5) is 0 Å². The number of hydrogen-bond acceptors (Lipinski definition) is 3. The molecule has 29 heavy (non-hydrogen) atoms. The molecule has 0 radical (unpaired) electrons. The van der Waals surface area contributed by atoms with E-state index in [9.17, 15) is 13.0 Å². The van der Waals surface area contributed by atoms with Gasteiger partial charge in [0.25, 0.3) is 0 Å². The van der Waals surface area contributed by atoms with Gasteiger partial charge in [0.15, 0.2) is 0 Å². The molecule has 138 valence electrons. The molecule has 0 saturated heterocycles. The Morgan fingerprint density at radius 2 is 0.828 bits per heavy atom. The predicted octanol–water partition coefficient (Wildman–Crippen LogP) is 2.60.